The normalized spacial score (nSPS) is 10.8. The molecule has 42 heavy (non-hydrogen) atoms. The molecule has 0 saturated carbocycles. The maximum absolute atomic E-state index is 9.59. The molecule has 0 spiro atoms. The number of fused-ring (bicyclic) bond motifs is 1. The fourth-order valence-electron chi connectivity index (χ4n) is 5.36. The number of nitriles is 1. The highest BCUT2D eigenvalue weighted by Gasteiger charge is 2.16. The fraction of sp³-hybridized carbons (Fsp3) is 0. The second-order valence-electron chi connectivity index (χ2n) is 9.98. The van der Waals surface area contributed by atoms with Crippen molar-refractivity contribution in [2.45, 2.75) is 0 Å². The van der Waals surface area contributed by atoms with Crippen LogP contribution in [-0.4, -0.2) is 15.0 Å². The minimum absolute atomic E-state index is 0.625. The van der Waals surface area contributed by atoms with Crippen molar-refractivity contribution in [3.8, 4) is 62.5 Å². The van der Waals surface area contributed by atoms with Gasteiger partial charge in [-0.25, -0.2) is 15.0 Å². The van der Waals surface area contributed by atoms with E-state index in [0.29, 0.717) is 23.0 Å². The summed E-state index contributed by atoms with van der Waals surface area (Å²) in [6, 6.07) is 51.0. The van der Waals surface area contributed by atoms with Crippen LogP contribution >= 0.6 is 0 Å². The van der Waals surface area contributed by atoms with E-state index in [2.05, 4.69) is 66.7 Å². The Morgan fingerprint density at radius 3 is 1.45 bits per heavy atom. The maximum atomic E-state index is 9.59. The number of benzene rings is 6. The minimum Gasteiger partial charge on any atom is -0.208 e. The van der Waals surface area contributed by atoms with Gasteiger partial charge in [-0.1, -0.05) is 140 Å². The lowest BCUT2D eigenvalue weighted by atomic mass is 9.92. The Labute approximate surface area is 244 Å². The summed E-state index contributed by atoms with van der Waals surface area (Å²) in [6.07, 6.45) is 0. The lowest BCUT2D eigenvalue weighted by Gasteiger charge is -2.14. The third-order valence-corrected chi connectivity index (χ3v) is 7.40. The lowest BCUT2D eigenvalue weighted by molar-refractivity contribution is 1.08. The van der Waals surface area contributed by atoms with E-state index in [0.717, 1.165) is 49.7 Å². The van der Waals surface area contributed by atoms with Gasteiger partial charge >= 0.3 is 0 Å². The third kappa shape index (κ3) is 4.70. The minimum atomic E-state index is 0.625. The summed E-state index contributed by atoms with van der Waals surface area (Å²) in [5.74, 6) is 1.89. The summed E-state index contributed by atoms with van der Waals surface area (Å²) in [5.41, 5.74) is 7.58. The van der Waals surface area contributed by atoms with Crippen molar-refractivity contribution in [2.24, 2.45) is 0 Å². The molecule has 0 saturated heterocycles. The van der Waals surface area contributed by atoms with Gasteiger partial charge in [0.1, 0.15) is 0 Å². The molecule has 0 bridgehead atoms. The van der Waals surface area contributed by atoms with Crippen LogP contribution < -0.4 is 0 Å². The molecule has 0 N–H and O–H groups in total. The monoisotopic (exact) mass is 536 g/mol. The van der Waals surface area contributed by atoms with Gasteiger partial charge in [-0.05, 0) is 33.7 Å². The summed E-state index contributed by atoms with van der Waals surface area (Å²) in [7, 11) is 0. The van der Waals surface area contributed by atoms with E-state index in [4.69, 9.17) is 15.0 Å². The number of nitrogens with zero attached hydrogens (tertiary/aromatic N) is 4. The van der Waals surface area contributed by atoms with E-state index in [-0.39, 0.29) is 0 Å². The summed E-state index contributed by atoms with van der Waals surface area (Å²) < 4.78 is 0. The third-order valence-electron chi connectivity index (χ3n) is 7.40. The number of hydrogen-bond acceptors (Lipinski definition) is 4. The zero-order valence-corrected chi connectivity index (χ0v) is 22.6. The highest BCUT2D eigenvalue weighted by atomic mass is 15.0. The highest BCUT2D eigenvalue weighted by Crippen LogP contribution is 2.37. The van der Waals surface area contributed by atoms with E-state index in [1.54, 1.807) is 0 Å². The first kappa shape index (κ1) is 25.1. The molecule has 0 amide bonds. The van der Waals surface area contributed by atoms with Crippen LogP contribution in [0.3, 0.4) is 0 Å². The van der Waals surface area contributed by atoms with Crippen LogP contribution in [0.4, 0.5) is 0 Å². The Bertz CT molecular complexity index is 2010. The van der Waals surface area contributed by atoms with Gasteiger partial charge < -0.3 is 0 Å². The fourth-order valence-corrected chi connectivity index (χ4v) is 5.36. The Balaban J connectivity index is 1.41. The molecule has 196 valence electrons. The zero-order valence-electron chi connectivity index (χ0n) is 22.6. The zero-order chi connectivity index (χ0) is 28.3. The smallest absolute Gasteiger partial charge is 0.164 e. The summed E-state index contributed by atoms with van der Waals surface area (Å²) in [4.78, 5) is 14.9. The molecular weight excluding hydrogens is 512 g/mol. The quantitative estimate of drug-likeness (QED) is 0.220. The van der Waals surface area contributed by atoms with E-state index in [1.165, 1.54) is 0 Å². The summed E-state index contributed by atoms with van der Waals surface area (Å²) >= 11 is 0. The van der Waals surface area contributed by atoms with E-state index in [1.807, 2.05) is 84.9 Å². The molecule has 4 nitrogen and oxygen atoms in total. The highest BCUT2D eigenvalue weighted by molar-refractivity contribution is 6.05. The molecule has 7 rings (SSSR count). The Hall–Kier alpha value is -5.92. The molecule has 0 atom stereocenters. The molecule has 4 heteroatoms. The van der Waals surface area contributed by atoms with Crippen molar-refractivity contribution < 1.29 is 0 Å². The van der Waals surface area contributed by atoms with Crippen molar-refractivity contribution in [1.82, 2.24) is 15.0 Å². The predicted molar refractivity (Wildman–Crippen MR) is 169 cm³/mol. The molecule has 0 aliphatic carbocycles. The molecule has 0 fully saturated rings. The van der Waals surface area contributed by atoms with Crippen LogP contribution in [0.5, 0.6) is 0 Å². The number of aromatic nitrogens is 3. The van der Waals surface area contributed by atoms with Crippen molar-refractivity contribution in [1.29, 1.82) is 5.26 Å². The number of rotatable bonds is 5. The average molecular weight is 537 g/mol. The first-order chi connectivity index (χ1) is 20.8. The van der Waals surface area contributed by atoms with Gasteiger partial charge in [-0.3, -0.25) is 0 Å². The van der Waals surface area contributed by atoms with E-state index >= 15 is 0 Å². The maximum Gasteiger partial charge on any atom is 0.164 e. The molecule has 0 unspecified atom stereocenters. The van der Waals surface area contributed by atoms with Crippen LogP contribution in [0.1, 0.15) is 5.56 Å². The SMILES string of the molecule is N#Cc1ccccc1-c1ccc(-c2cccc3cccc(-c4nc(-c5ccccc5)nc(-c5ccccc5)n4)c23)cc1. The second-order valence-corrected chi connectivity index (χ2v) is 9.98. The van der Waals surface area contributed by atoms with Crippen LogP contribution in [-0.2, 0) is 0 Å². The molecular formula is C38H24N4. The Kier molecular flexibility index (Phi) is 6.52. The van der Waals surface area contributed by atoms with Crippen molar-refractivity contribution in [3.05, 3.63) is 151 Å². The molecule has 0 aliphatic heterocycles. The standard InChI is InChI=1S/C38H24N4/c39-25-31-15-7-8-18-32(31)26-21-23-27(24-22-26)33-19-9-16-28-17-10-20-34(35(28)33)38-41-36(29-11-3-1-4-12-29)40-37(42-38)30-13-5-2-6-14-30/h1-24H. The summed E-state index contributed by atoms with van der Waals surface area (Å²) in [5, 5.41) is 11.8. The Morgan fingerprint density at radius 2 is 0.857 bits per heavy atom. The molecule has 1 aromatic heterocycles. The summed E-state index contributed by atoms with van der Waals surface area (Å²) in [6.45, 7) is 0. The first-order valence-electron chi connectivity index (χ1n) is 13.8. The van der Waals surface area contributed by atoms with E-state index < -0.39 is 0 Å². The number of hydrogen-bond donors (Lipinski definition) is 0. The molecule has 7 aromatic rings. The van der Waals surface area contributed by atoms with Gasteiger partial charge in [0.05, 0.1) is 11.6 Å². The molecule has 0 aliphatic rings. The topological polar surface area (TPSA) is 62.5 Å². The van der Waals surface area contributed by atoms with Crippen LogP contribution in [0.15, 0.2) is 146 Å². The van der Waals surface area contributed by atoms with Crippen molar-refractivity contribution in [3.63, 3.8) is 0 Å². The van der Waals surface area contributed by atoms with Crippen LogP contribution in [0.25, 0.3) is 67.2 Å². The molecule has 1 heterocycles. The van der Waals surface area contributed by atoms with Crippen LogP contribution in [0, 0.1) is 11.3 Å². The van der Waals surface area contributed by atoms with Gasteiger partial charge in [0, 0.05) is 22.1 Å². The largest absolute Gasteiger partial charge is 0.208 e. The average Bonchev–Trinajstić information content (AvgIpc) is 3.08. The van der Waals surface area contributed by atoms with Crippen molar-refractivity contribution >= 4 is 10.8 Å². The van der Waals surface area contributed by atoms with Gasteiger partial charge in [0.25, 0.3) is 0 Å². The lowest BCUT2D eigenvalue weighted by Crippen LogP contribution is -2.00. The van der Waals surface area contributed by atoms with Gasteiger partial charge in [0.2, 0.25) is 0 Å². The predicted octanol–water partition coefficient (Wildman–Crippen LogP) is 9.23. The van der Waals surface area contributed by atoms with E-state index in [9.17, 15) is 5.26 Å². The van der Waals surface area contributed by atoms with Gasteiger partial charge in [-0.2, -0.15) is 5.26 Å². The van der Waals surface area contributed by atoms with Crippen molar-refractivity contribution in [2.75, 3.05) is 0 Å². The van der Waals surface area contributed by atoms with Crippen LogP contribution in [0.2, 0.25) is 0 Å². The molecule has 6 aromatic carbocycles. The molecule has 0 radical (unpaired) electrons. The second kappa shape index (κ2) is 10.9. The van der Waals surface area contributed by atoms with Gasteiger partial charge in [0.15, 0.2) is 17.5 Å². The first-order valence-corrected chi connectivity index (χ1v) is 13.8. The van der Waals surface area contributed by atoms with Gasteiger partial charge in [-0.15, -0.1) is 0 Å². The Morgan fingerprint density at radius 1 is 0.381 bits per heavy atom.